The van der Waals surface area contributed by atoms with Gasteiger partial charge in [0.2, 0.25) is 0 Å². The van der Waals surface area contributed by atoms with Crippen molar-refractivity contribution in [3.05, 3.63) is 28.7 Å². The molecule has 1 spiro atoms. The summed E-state index contributed by atoms with van der Waals surface area (Å²) in [5, 5.41) is 5.69. The lowest BCUT2D eigenvalue weighted by Gasteiger charge is -2.38. The summed E-state index contributed by atoms with van der Waals surface area (Å²) in [6, 6.07) is 3.20. The van der Waals surface area contributed by atoms with E-state index < -0.39 is 0 Å². The molecule has 1 atom stereocenters. The Morgan fingerprint density at radius 1 is 1.43 bits per heavy atom. The van der Waals surface area contributed by atoms with Gasteiger partial charge in [-0.1, -0.05) is 12.8 Å². The molecule has 126 valence electrons. The molecule has 1 unspecified atom stereocenters. The van der Waals surface area contributed by atoms with Gasteiger partial charge in [0.05, 0.1) is 5.60 Å². The van der Waals surface area contributed by atoms with Crippen LogP contribution >= 0.6 is 0 Å². The van der Waals surface area contributed by atoms with Gasteiger partial charge in [-0.25, -0.2) is 4.79 Å². The van der Waals surface area contributed by atoms with E-state index in [2.05, 4.69) is 10.6 Å². The molecule has 2 heterocycles. The van der Waals surface area contributed by atoms with Gasteiger partial charge in [0.15, 0.2) is 0 Å². The number of rotatable bonds is 3. The van der Waals surface area contributed by atoms with Gasteiger partial charge in [0.25, 0.3) is 5.56 Å². The number of carbonyl (C=O) groups excluding carboxylic acids is 1. The van der Waals surface area contributed by atoms with E-state index >= 15 is 0 Å². The van der Waals surface area contributed by atoms with Crippen LogP contribution in [0.5, 0.6) is 0 Å². The molecule has 2 N–H and O–H groups in total. The summed E-state index contributed by atoms with van der Waals surface area (Å²) < 4.78 is 7.55. The van der Waals surface area contributed by atoms with Crippen LogP contribution in [0.15, 0.2) is 23.1 Å². The van der Waals surface area contributed by atoms with Crippen LogP contribution < -0.4 is 16.2 Å². The molecule has 1 saturated heterocycles. The molecular formula is C17H25N3O3. The fourth-order valence-corrected chi connectivity index (χ4v) is 3.74. The molecule has 2 amide bonds. The van der Waals surface area contributed by atoms with Crippen LogP contribution in [-0.4, -0.2) is 28.8 Å². The lowest BCUT2D eigenvalue weighted by molar-refractivity contribution is -0.0818. The molecule has 1 saturated carbocycles. The second-order valence-corrected chi connectivity index (χ2v) is 6.54. The number of hydrogen-bond acceptors (Lipinski definition) is 3. The number of nitrogens with zero attached hydrogens (tertiary/aromatic N) is 1. The van der Waals surface area contributed by atoms with Crippen LogP contribution in [0.4, 0.5) is 10.5 Å². The Morgan fingerprint density at radius 3 is 2.96 bits per heavy atom. The third-order valence-electron chi connectivity index (χ3n) is 4.95. The SMILES string of the molecule is CCn1cccc(NC(=O)NC2CCOC3(CCCC3)C2)c1=O. The lowest BCUT2D eigenvalue weighted by Crippen LogP contribution is -2.48. The number of urea groups is 1. The molecule has 23 heavy (non-hydrogen) atoms. The molecule has 2 fully saturated rings. The molecule has 3 rings (SSSR count). The van der Waals surface area contributed by atoms with E-state index in [1.165, 1.54) is 12.8 Å². The number of pyridine rings is 1. The van der Waals surface area contributed by atoms with Gasteiger partial charge in [-0.15, -0.1) is 0 Å². The second kappa shape index (κ2) is 6.74. The number of amides is 2. The Labute approximate surface area is 136 Å². The molecule has 1 aliphatic heterocycles. The van der Waals surface area contributed by atoms with Gasteiger partial charge in [-0.3, -0.25) is 4.79 Å². The normalized spacial score (nSPS) is 22.9. The molecule has 1 aromatic rings. The average Bonchev–Trinajstić information content (AvgIpc) is 2.97. The standard InChI is InChI=1S/C17H25N3O3/c1-2-20-10-5-6-14(15(20)21)19-16(22)18-13-7-11-23-17(12-13)8-3-4-9-17/h5-6,10,13H,2-4,7-9,11-12H2,1H3,(H2,18,19,22). The van der Waals surface area contributed by atoms with Crippen molar-refractivity contribution in [1.29, 1.82) is 0 Å². The van der Waals surface area contributed by atoms with Crippen LogP contribution in [-0.2, 0) is 11.3 Å². The van der Waals surface area contributed by atoms with Gasteiger partial charge in [0, 0.05) is 25.4 Å². The summed E-state index contributed by atoms with van der Waals surface area (Å²) in [6.07, 6.45) is 8.00. The summed E-state index contributed by atoms with van der Waals surface area (Å²) in [5.74, 6) is 0. The first-order chi connectivity index (χ1) is 11.1. The fourth-order valence-electron chi connectivity index (χ4n) is 3.74. The number of carbonyl (C=O) groups is 1. The van der Waals surface area contributed by atoms with Crippen molar-refractivity contribution in [3.63, 3.8) is 0 Å². The van der Waals surface area contributed by atoms with E-state index in [9.17, 15) is 9.59 Å². The molecule has 0 aromatic carbocycles. The van der Waals surface area contributed by atoms with Crippen molar-refractivity contribution < 1.29 is 9.53 Å². The van der Waals surface area contributed by atoms with Gasteiger partial charge in [-0.2, -0.15) is 0 Å². The van der Waals surface area contributed by atoms with Crippen LogP contribution in [0.2, 0.25) is 0 Å². The first-order valence-corrected chi connectivity index (χ1v) is 8.53. The minimum Gasteiger partial charge on any atom is -0.375 e. The second-order valence-electron chi connectivity index (χ2n) is 6.54. The quantitative estimate of drug-likeness (QED) is 0.899. The number of aromatic nitrogens is 1. The molecule has 0 radical (unpaired) electrons. The van der Waals surface area contributed by atoms with Crippen LogP contribution in [0.25, 0.3) is 0 Å². The Balaban J connectivity index is 1.60. The van der Waals surface area contributed by atoms with E-state index in [1.54, 1.807) is 22.9 Å². The maximum Gasteiger partial charge on any atom is 0.319 e. The zero-order valence-corrected chi connectivity index (χ0v) is 13.6. The monoisotopic (exact) mass is 319 g/mol. The van der Waals surface area contributed by atoms with Gasteiger partial charge >= 0.3 is 6.03 Å². The highest BCUT2D eigenvalue weighted by Crippen LogP contribution is 2.39. The van der Waals surface area contributed by atoms with Gasteiger partial charge < -0.3 is 19.9 Å². The Morgan fingerprint density at radius 2 is 2.22 bits per heavy atom. The first kappa shape index (κ1) is 16.1. The summed E-state index contributed by atoms with van der Waals surface area (Å²) >= 11 is 0. The predicted molar refractivity (Wildman–Crippen MR) is 88.7 cm³/mol. The fraction of sp³-hybridized carbons (Fsp3) is 0.647. The highest BCUT2D eigenvalue weighted by molar-refractivity contribution is 5.89. The van der Waals surface area contributed by atoms with Crippen LogP contribution in [0.1, 0.15) is 45.4 Å². The van der Waals surface area contributed by atoms with Crippen molar-refractivity contribution in [2.24, 2.45) is 0 Å². The third-order valence-corrected chi connectivity index (χ3v) is 4.95. The number of ether oxygens (including phenoxy) is 1. The largest absolute Gasteiger partial charge is 0.375 e. The smallest absolute Gasteiger partial charge is 0.319 e. The third kappa shape index (κ3) is 3.58. The maximum absolute atomic E-state index is 12.2. The van der Waals surface area contributed by atoms with Crippen molar-refractivity contribution in [2.45, 2.75) is 63.6 Å². The highest BCUT2D eigenvalue weighted by atomic mass is 16.5. The van der Waals surface area contributed by atoms with Crippen molar-refractivity contribution >= 4 is 11.7 Å². The lowest BCUT2D eigenvalue weighted by atomic mass is 9.89. The van der Waals surface area contributed by atoms with E-state index in [0.717, 1.165) is 25.7 Å². The predicted octanol–water partition coefficient (Wildman–Crippen LogP) is 2.48. The molecule has 1 aromatic heterocycles. The number of anilines is 1. The average molecular weight is 319 g/mol. The zero-order valence-electron chi connectivity index (χ0n) is 13.6. The molecular weight excluding hydrogens is 294 g/mol. The Hall–Kier alpha value is -1.82. The summed E-state index contributed by atoms with van der Waals surface area (Å²) in [4.78, 5) is 24.4. The number of aryl methyl sites for hydroxylation is 1. The van der Waals surface area contributed by atoms with Gasteiger partial charge in [-0.05, 0) is 44.7 Å². The van der Waals surface area contributed by atoms with E-state index in [0.29, 0.717) is 18.8 Å². The van der Waals surface area contributed by atoms with Gasteiger partial charge in [0.1, 0.15) is 5.69 Å². The topological polar surface area (TPSA) is 72.4 Å². The number of hydrogen-bond donors (Lipinski definition) is 2. The maximum atomic E-state index is 12.2. The number of nitrogens with one attached hydrogen (secondary N) is 2. The van der Waals surface area contributed by atoms with Crippen molar-refractivity contribution in [2.75, 3.05) is 11.9 Å². The minimum absolute atomic E-state index is 0.0299. The Kier molecular flexibility index (Phi) is 4.71. The first-order valence-electron chi connectivity index (χ1n) is 8.53. The van der Waals surface area contributed by atoms with E-state index in [-0.39, 0.29) is 23.2 Å². The van der Waals surface area contributed by atoms with E-state index in [4.69, 9.17) is 4.74 Å². The molecule has 6 heteroatoms. The van der Waals surface area contributed by atoms with E-state index in [1.807, 2.05) is 6.92 Å². The summed E-state index contributed by atoms with van der Waals surface area (Å²) in [7, 11) is 0. The highest BCUT2D eigenvalue weighted by Gasteiger charge is 2.40. The summed E-state index contributed by atoms with van der Waals surface area (Å²) in [6.45, 7) is 3.17. The van der Waals surface area contributed by atoms with Crippen LogP contribution in [0.3, 0.4) is 0 Å². The van der Waals surface area contributed by atoms with Crippen LogP contribution in [0, 0.1) is 0 Å². The molecule has 6 nitrogen and oxygen atoms in total. The minimum atomic E-state index is -0.309. The summed E-state index contributed by atoms with van der Waals surface area (Å²) in [5.41, 5.74) is 0.108. The Bertz CT molecular complexity index is 620. The molecule has 1 aliphatic carbocycles. The zero-order chi connectivity index (χ0) is 16.3. The molecule has 0 bridgehead atoms. The molecule has 2 aliphatic rings. The van der Waals surface area contributed by atoms with Crippen molar-refractivity contribution in [1.82, 2.24) is 9.88 Å². The van der Waals surface area contributed by atoms with Crippen molar-refractivity contribution in [3.8, 4) is 0 Å².